The minimum atomic E-state index is 0. The predicted molar refractivity (Wildman–Crippen MR) is 121 cm³/mol. The largest absolute Gasteiger partial charge is 0.380 e. The van der Waals surface area contributed by atoms with Crippen LogP contribution in [0.4, 0.5) is 5.95 Å². The predicted octanol–water partition coefficient (Wildman–Crippen LogP) is 1.20. The van der Waals surface area contributed by atoms with Crippen LogP contribution < -0.4 is 15.5 Å². The Kier molecular flexibility index (Phi) is 13.1. The van der Waals surface area contributed by atoms with Crippen molar-refractivity contribution in [1.29, 1.82) is 0 Å². The lowest BCUT2D eigenvalue weighted by Gasteiger charge is -2.34. The van der Waals surface area contributed by atoms with E-state index in [1.807, 2.05) is 13.0 Å². The zero-order valence-corrected chi connectivity index (χ0v) is 18.9. The Balaban J connectivity index is 0.00000364. The molecular formula is C18H34IN7O. The van der Waals surface area contributed by atoms with Crippen LogP contribution >= 0.6 is 24.0 Å². The van der Waals surface area contributed by atoms with Crippen molar-refractivity contribution in [2.45, 2.75) is 20.3 Å². The van der Waals surface area contributed by atoms with E-state index >= 15 is 0 Å². The molecule has 27 heavy (non-hydrogen) atoms. The fourth-order valence-corrected chi connectivity index (χ4v) is 2.84. The summed E-state index contributed by atoms with van der Waals surface area (Å²) in [5, 5.41) is 6.57. The number of rotatable bonds is 10. The quantitative estimate of drug-likeness (QED) is 0.221. The van der Waals surface area contributed by atoms with Crippen LogP contribution in [0.5, 0.6) is 0 Å². The first kappa shape index (κ1) is 23.8. The summed E-state index contributed by atoms with van der Waals surface area (Å²) in [6, 6.07) is 1.85. The minimum absolute atomic E-state index is 0. The van der Waals surface area contributed by atoms with Crippen molar-refractivity contribution in [2.24, 2.45) is 4.99 Å². The van der Waals surface area contributed by atoms with E-state index in [-0.39, 0.29) is 24.0 Å². The maximum Gasteiger partial charge on any atom is 0.225 e. The molecule has 2 N–H and O–H groups in total. The smallest absolute Gasteiger partial charge is 0.225 e. The number of ether oxygens (including phenoxy) is 1. The third-order valence-electron chi connectivity index (χ3n) is 4.20. The molecule has 2 rings (SSSR count). The van der Waals surface area contributed by atoms with E-state index in [2.05, 4.69) is 42.3 Å². The van der Waals surface area contributed by atoms with Crippen molar-refractivity contribution in [1.82, 2.24) is 25.5 Å². The number of hydrogen-bond acceptors (Lipinski definition) is 6. The molecule has 0 bridgehead atoms. The average molecular weight is 491 g/mol. The molecule has 1 saturated heterocycles. The Morgan fingerprint density at radius 2 is 1.89 bits per heavy atom. The highest BCUT2D eigenvalue weighted by Crippen LogP contribution is 2.09. The normalized spacial score (nSPS) is 15.3. The van der Waals surface area contributed by atoms with E-state index < -0.39 is 0 Å². The van der Waals surface area contributed by atoms with Gasteiger partial charge in [-0.15, -0.1) is 24.0 Å². The fraction of sp³-hybridized carbons (Fsp3) is 0.722. The van der Waals surface area contributed by atoms with Crippen LogP contribution in [0.1, 0.15) is 20.3 Å². The molecule has 0 amide bonds. The maximum atomic E-state index is 5.34. The fourth-order valence-electron chi connectivity index (χ4n) is 2.84. The second kappa shape index (κ2) is 14.8. The van der Waals surface area contributed by atoms with Crippen LogP contribution in [-0.4, -0.2) is 86.4 Å². The summed E-state index contributed by atoms with van der Waals surface area (Å²) in [7, 11) is 0. The van der Waals surface area contributed by atoms with Gasteiger partial charge in [0.1, 0.15) is 0 Å². The highest BCUT2D eigenvalue weighted by Gasteiger charge is 2.17. The third-order valence-corrected chi connectivity index (χ3v) is 4.20. The molecular weight excluding hydrogens is 457 g/mol. The molecule has 1 aromatic heterocycles. The first-order valence-electron chi connectivity index (χ1n) is 9.67. The van der Waals surface area contributed by atoms with Crippen LogP contribution in [0.15, 0.2) is 23.5 Å². The number of nitrogens with one attached hydrogen (secondary N) is 2. The summed E-state index contributed by atoms with van der Waals surface area (Å²) in [4.78, 5) is 18.0. The van der Waals surface area contributed by atoms with E-state index in [1.165, 1.54) is 0 Å². The van der Waals surface area contributed by atoms with E-state index in [0.717, 1.165) is 77.3 Å². The number of aliphatic imine (C=N–C) groups is 1. The number of halogens is 1. The molecule has 9 heteroatoms. The monoisotopic (exact) mass is 491 g/mol. The first-order chi connectivity index (χ1) is 12.8. The Labute approximate surface area is 180 Å². The first-order valence-corrected chi connectivity index (χ1v) is 9.67. The Bertz CT molecular complexity index is 510. The molecule has 0 spiro atoms. The van der Waals surface area contributed by atoms with Crippen molar-refractivity contribution in [3.63, 3.8) is 0 Å². The lowest BCUT2D eigenvalue weighted by atomic mass is 10.3. The molecule has 1 aliphatic rings. The molecule has 0 unspecified atom stereocenters. The molecule has 1 aromatic rings. The summed E-state index contributed by atoms with van der Waals surface area (Å²) in [6.07, 6.45) is 4.66. The van der Waals surface area contributed by atoms with Gasteiger partial charge in [0.25, 0.3) is 0 Å². The molecule has 0 aliphatic carbocycles. The third kappa shape index (κ3) is 9.52. The van der Waals surface area contributed by atoms with Crippen LogP contribution in [0.3, 0.4) is 0 Å². The van der Waals surface area contributed by atoms with Gasteiger partial charge in [-0.2, -0.15) is 0 Å². The number of guanidine groups is 1. The Hall–Kier alpha value is -1.20. The topological polar surface area (TPSA) is 77.9 Å². The number of hydrogen-bond donors (Lipinski definition) is 2. The van der Waals surface area contributed by atoms with Gasteiger partial charge in [-0.05, 0) is 26.3 Å². The van der Waals surface area contributed by atoms with Gasteiger partial charge < -0.3 is 20.3 Å². The standard InChI is InChI=1S/C18H33N7O.HI/c1-3-19-17(21-10-16-26-4-2)20-9-6-11-24-12-14-25(15-13-24)18-22-7-5-8-23-18;/h5,7-8H,3-4,6,9-16H2,1-2H3,(H2,19,20,21);1H. The molecule has 2 heterocycles. The zero-order chi connectivity index (χ0) is 18.5. The number of piperazine rings is 1. The number of anilines is 1. The molecule has 8 nitrogen and oxygen atoms in total. The summed E-state index contributed by atoms with van der Waals surface area (Å²) < 4.78 is 5.34. The van der Waals surface area contributed by atoms with Crippen LogP contribution in [0, 0.1) is 0 Å². The molecule has 1 fully saturated rings. The zero-order valence-electron chi connectivity index (χ0n) is 16.6. The van der Waals surface area contributed by atoms with Crippen molar-refractivity contribution in [3.8, 4) is 0 Å². The van der Waals surface area contributed by atoms with E-state index in [4.69, 9.17) is 4.74 Å². The Morgan fingerprint density at radius 3 is 2.56 bits per heavy atom. The van der Waals surface area contributed by atoms with Gasteiger partial charge in [0.05, 0.1) is 6.61 Å². The lowest BCUT2D eigenvalue weighted by molar-refractivity contribution is 0.152. The van der Waals surface area contributed by atoms with Crippen molar-refractivity contribution >= 4 is 35.9 Å². The van der Waals surface area contributed by atoms with Crippen LogP contribution in [0.2, 0.25) is 0 Å². The van der Waals surface area contributed by atoms with E-state index in [0.29, 0.717) is 6.61 Å². The molecule has 1 aliphatic heterocycles. The van der Waals surface area contributed by atoms with E-state index in [9.17, 15) is 0 Å². The summed E-state index contributed by atoms with van der Waals surface area (Å²) in [6.45, 7) is 13.1. The van der Waals surface area contributed by atoms with Gasteiger partial charge in [-0.25, -0.2) is 9.97 Å². The summed E-state index contributed by atoms with van der Waals surface area (Å²) >= 11 is 0. The van der Waals surface area contributed by atoms with Crippen molar-refractivity contribution in [2.75, 3.05) is 70.5 Å². The summed E-state index contributed by atoms with van der Waals surface area (Å²) in [5.41, 5.74) is 0. The second-order valence-electron chi connectivity index (χ2n) is 6.12. The van der Waals surface area contributed by atoms with E-state index in [1.54, 1.807) is 12.4 Å². The molecule has 0 saturated carbocycles. The van der Waals surface area contributed by atoms with Crippen molar-refractivity contribution in [3.05, 3.63) is 18.5 Å². The summed E-state index contributed by atoms with van der Waals surface area (Å²) in [5.74, 6) is 1.71. The minimum Gasteiger partial charge on any atom is -0.380 e. The van der Waals surface area contributed by atoms with Gasteiger partial charge in [-0.1, -0.05) is 0 Å². The lowest BCUT2D eigenvalue weighted by Crippen LogP contribution is -2.47. The molecule has 0 radical (unpaired) electrons. The van der Waals surface area contributed by atoms with Gasteiger partial charge >= 0.3 is 0 Å². The van der Waals surface area contributed by atoms with Gasteiger partial charge in [0, 0.05) is 71.4 Å². The van der Waals surface area contributed by atoms with Crippen molar-refractivity contribution < 1.29 is 4.74 Å². The van der Waals surface area contributed by atoms with Gasteiger partial charge in [0.2, 0.25) is 5.95 Å². The SMILES string of the molecule is CCNC(=NCCCN1CCN(c2ncccn2)CC1)NCCOCC.I. The average Bonchev–Trinajstić information content (AvgIpc) is 2.69. The van der Waals surface area contributed by atoms with Gasteiger partial charge in [0.15, 0.2) is 5.96 Å². The Morgan fingerprint density at radius 1 is 1.15 bits per heavy atom. The number of aromatic nitrogens is 2. The second-order valence-corrected chi connectivity index (χ2v) is 6.12. The molecule has 0 atom stereocenters. The highest BCUT2D eigenvalue weighted by atomic mass is 127. The molecule has 154 valence electrons. The van der Waals surface area contributed by atoms with Crippen LogP contribution in [-0.2, 0) is 4.74 Å². The maximum absolute atomic E-state index is 5.34. The van der Waals surface area contributed by atoms with Gasteiger partial charge in [-0.3, -0.25) is 9.89 Å². The molecule has 0 aromatic carbocycles. The van der Waals surface area contributed by atoms with Crippen LogP contribution in [0.25, 0.3) is 0 Å². The number of nitrogens with zero attached hydrogens (tertiary/aromatic N) is 5. The highest BCUT2D eigenvalue weighted by molar-refractivity contribution is 14.0.